The van der Waals surface area contributed by atoms with Crippen LogP contribution >= 0.6 is 30.3 Å². The third-order valence-electron chi connectivity index (χ3n) is 4.77. The highest BCUT2D eigenvalue weighted by atomic mass is 127. The minimum atomic E-state index is 0.394. The lowest BCUT2D eigenvalue weighted by atomic mass is 10.0. The molecule has 9 heteroatoms. The molecule has 3 aromatic heterocycles. The van der Waals surface area contributed by atoms with Crippen LogP contribution in [0.2, 0.25) is 0 Å². The number of anilines is 1. The predicted octanol–water partition coefficient (Wildman–Crippen LogP) is 2.64. The summed E-state index contributed by atoms with van der Waals surface area (Å²) in [6.07, 6.45) is 7.90. The molecule has 25 heavy (non-hydrogen) atoms. The van der Waals surface area contributed by atoms with E-state index in [1.807, 2.05) is 13.2 Å². The molecule has 0 aliphatic carbocycles. The zero-order chi connectivity index (χ0) is 17.4. The van der Waals surface area contributed by atoms with Gasteiger partial charge in [0.15, 0.2) is 5.65 Å². The third-order valence-corrected chi connectivity index (χ3v) is 6.49. The topological polar surface area (TPSA) is 63.8 Å². The number of halogens is 1. The molecular weight excluding hydrogens is 449 g/mol. The average molecular weight is 469 g/mol. The summed E-state index contributed by atoms with van der Waals surface area (Å²) in [4.78, 5) is 16.1. The van der Waals surface area contributed by atoms with Gasteiger partial charge in [-0.15, -0.1) is 0 Å². The first-order valence-corrected chi connectivity index (χ1v) is 11.6. The van der Waals surface area contributed by atoms with E-state index in [4.69, 9.17) is 4.98 Å². The van der Waals surface area contributed by atoms with E-state index in [0.717, 1.165) is 48.5 Å². The molecule has 0 radical (unpaired) electrons. The van der Waals surface area contributed by atoms with Gasteiger partial charge in [0.2, 0.25) is 0 Å². The van der Waals surface area contributed by atoms with Crippen LogP contribution in [0.15, 0.2) is 24.8 Å². The Morgan fingerprint density at radius 3 is 3.12 bits per heavy atom. The highest BCUT2D eigenvalue weighted by Gasteiger charge is 2.26. The minimum absolute atomic E-state index is 0.394. The molecule has 0 aromatic carbocycles. The number of hydrogen-bond acceptors (Lipinski definition) is 6. The summed E-state index contributed by atoms with van der Waals surface area (Å²) in [6, 6.07) is 2.49. The highest BCUT2D eigenvalue weighted by Crippen LogP contribution is 2.30. The third kappa shape index (κ3) is 3.13. The number of nitrogens with one attached hydrogen (secondary N) is 1. The molecule has 1 aliphatic heterocycles. The van der Waals surface area contributed by atoms with Crippen LogP contribution < -0.4 is 10.2 Å². The van der Waals surface area contributed by atoms with E-state index in [2.05, 4.69) is 69.2 Å². The first-order chi connectivity index (χ1) is 12.2. The fourth-order valence-electron chi connectivity index (χ4n) is 3.49. The van der Waals surface area contributed by atoms with Gasteiger partial charge in [-0.05, 0) is 19.5 Å². The molecule has 0 amide bonds. The molecule has 3 aromatic rings. The molecule has 1 N–H and O–H groups in total. The van der Waals surface area contributed by atoms with E-state index >= 15 is 0 Å². The molecule has 0 fully saturated rings. The van der Waals surface area contributed by atoms with Gasteiger partial charge in [-0.2, -0.15) is 0 Å². The van der Waals surface area contributed by atoms with Crippen LogP contribution in [0.3, 0.4) is 0 Å². The van der Waals surface area contributed by atoms with E-state index in [9.17, 15) is 0 Å². The lowest BCUT2D eigenvalue weighted by Crippen LogP contribution is -2.38. The van der Waals surface area contributed by atoms with Gasteiger partial charge in [0.1, 0.15) is 18.0 Å². The largest absolute Gasteiger partial charge is 0.356 e. The van der Waals surface area contributed by atoms with Crippen molar-refractivity contribution in [1.82, 2.24) is 28.8 Å². The average Bonchev–Trinajstić information content (AvgIpc) is 3.23. The van der Waals surface area contributed by atoms with Gasteiger partial charge < -0.3 is 14.8 Å². The summed E-state index contributed by atoms with van der Waals surface area (Å²) >= 11 is 2.27. The molecule has 1 unspecified atom stereocenters. The second kappa shape index (κ2) is 7.12. The summed E-state index contributed by atoms with van der Waals surface area (Å²) in [6.45, 7) is 1.81. The Kier molecular flexibility index (Phi) is 4.87. The van der Waals surface area contributed by atoms with Crippen LogP contribution in [0.4, 0.5) is 5.82 Å². The number of aromatic nitrogens is 5. The van der Waals surface area contributed by atoms with Gasteiger partial charge in [0, 0.05) is 75.3 Å². The SMILES string of the molecule is CNCc1cn2c(n1)CC(N(C)c1ncnc3c1ccn3SI)CC2. The van der Waals surface area contributed by atoms with Crippen molar-refractivity contribution in [2.24, 2.45) is 0 Å². The predicted molar refractivity (Wildman–Crippen MR) is 110 cm³/mol. The van der Waals surface area contributed by atoms with Crippen LogP contribution in [0.5, 0.6) is 0 Å². The molecule has 0 saturated heterocycles. The number of hydrogen-bond donors (Lipinski definition) is 1. The number of likely N-dealkylation sites (N-methyl/N-ethyl adjacent to an activating group) is 1. The van der Waals surface area contributed by atoms with E-state index in [0.29, 0.717) is 6.04 Å². The van der Waals surface area contributed by atoms with Gasteiger partial charge in [-0.1, -0.05) is 0 Å². The Hall–Kier alpha value is -1.33. The van der Waals surface area contributed by atoms with E-state index in [1.54, 1.807) is 15.4 Å². The second-order valence-electron chi connectivity index (χ2n) is 6.27. The minimum Gasteiger partial charge on any atom is -0.356 e. The molecule has 4 heterocycles. The smallest absolute Gasteiger partial charge is 0.156 e. The van der Waals surface area contributed by atoms with Gasteiger partial charge >= 0.3 is 0 Å². The maximum absolute atomic E-state index is 4.78. The standard InChI is InChI=1S/C16H20IN7S/c1-18-8-11-9-23-5-3-12(7-14(23)21-11)22(2)15-13-4-6-24(25-17)16(13)20-10-19-15/h4,6,9-10,12,18H,3,5,7-8H2,1-2H3. The maximum Gasteiger partial charge on any atom is 0.156 e. The Morgan fingerprint density at radius 2 is 2.32 bits per heavy atom. The quantitative estimate of drug-likeness (QED) is 0.580. The first kappa shape index (κ1) is 17.1. The van der Waals surface area contributed by atoms with Gasteiger partial charge in [0.25, 0.3) is 0 Å². The molecule has 132 valence electrons. The monoisotopic (exact) mass is 469 g/mol. The van der Waals surface area contributed by atoms with Crippen molar-refractivity contribution in [1.29, 1.82) is 0 Å². The van der Waals surface area contributed by atoms with E-state index < -0.39 is 0 Å². The van der Waals surface area contributed by atoms with Crippen LogP contribution in [0.25, 0.3) is 11.0 Å². The normalized spacial score (nSPS) is 17.0. The number of nitrogens with zero attached hydrogens (tertiary/aromatic N) is 6. The fraction of sp³-hybridized carbons (Fsp3) is 0.438. The summed E-state index contributed by atoms with van der Waals surface area (Å²) in [5, 5.41) is 4.27. The zero-order valence-electron chi connectivity index (χ0n) is 14.2. The second-order valence-corrected chi connectivity index (χ2v) is 7.99. The zero-order valence-corrected chi connectivity index (χ0v) is 17.2. The van der Waals surface area contributed by atoms with Crippen molar-refractivity contribution in [3.05, 3.63) is 36.3 Å². The van der Waals surface area contributed by atoms with Crippen LogP contribution in [-0.2, 0) is 19.5 Å². The Labute approximate surface area is 162 Å². The van der Waals surface area contributed by atoms with Crippen molar-refractivity contribution in [2.75, 3.05) is 19.0 Å². The molecule has 4 rings (SSSR count). The Bertz CT molecular complexity index is 890. The van der Waals surface area contributed by atoms with E-state index in [1.165, 1.54) is 5.82 Å². The molecule has 1 aliphatic rings. The van der Waals surface area contributed by atoms with Crippen molar-refractivity contribution < 1.29 is 0 Å². The number of rotatable bonds is 5. The summed E-state index contributed by atoms with van der Waals surface area (Å²) in [7, 11) is 5.70. The molecule has 0 spiro atoms. The number of aryl methyl sites for hydroxylation is 1. The number of imidazole rings is 1. The lowest BCUT2D eigenvalue weighted by Gasteiger charge is -2.32. The maximum atomic E-state index is 4.78. The van der Waals surface area contributed by atoms with Gasteiger partial charge in [-0.25, -0.2) is 15.0 Å². The van der Waals surface area contributed by atoms with Crippen LogP contribution in [-0.4, -0.2) is 43.6 Å². The van der Waals surface area contributed by atoms with Crippen LogP contribution in [0.1, 0.15) is 17.9 Å². The molecule has 1 atom stereocenters. The molecule has 0 bridgehead atoms. The highest BCUT2D eigenvalue weighted by molar-refractivity contribution is 14.2. The summed E-state index contributed by atoms with van der Waals surface area (Å²) < 4.78 is 4.35. The summed E-state index contributed by atoms with van der Waals surface area (Å²) in [5.41, 5.74) is 2.08. The molecular formula is C16H20IN7S. The lowest BCUT2D eigenvalue weighted by molar-refractivity contribution is 0.448. The van der Waals surface area contributed by atoms with Gasteiger partial charge in [0.05, 0.1) is 11.1 Å². The Balaban J connectivity index is 1.61. The summed E-state index contributed by atoms with van der Waals surface area (Å²) in [5.74, 6) is 2.16. The first-order valence-electron chi connectivity index (χ1n) is 8.24. The number of fused-ring (bicyclic) bond motifs is 2. The van der Waals surface area contributed by atoms with E-state index in [-0.39, 0.29) is 0 Å². The molecule has 7 nitrogen and oxygen atoms in total. The van der Waals surface area contributed by atoms with Gasteiger partial charge in [-0.3, -0.25) is 3.97 Å². The van der Waals surface area contributed by atoms with Crippen molar-refractivity contribution in [3.63, 3.8) is 0 Å². The fourth-order valence-corrected chi connectivity index (χ4v) is 4.76. The van der Waals surface area contributed by atoms with Crippen molar-refractivity contribution in [3.8, 4) is 0 Å². The van der Waals surface area contributed by atoms with Crippen molar-refractivity contribution in [2.45, 2.75) is 32.0 Å². The van der Waals surface area contributed by atoms with Crippen molar-refractivity contribution >= 4 is 47.2 Å². The molecule has 0 saturated carbocycles. The van der Waals surface area contributed by atoms with Crippen LogP contribution in [0, 0.1) is 0 Å². The Morgan fingerprint density at radius 1 is 1.44 bits per heavy atom.